The summed E-state index contributed by atoms with van der Waals surface area (Å²) < 4.78 is 1.60. The molecule has 0 saturated carbocycles. The molecule has 0 aliphatic carbocycles. The molecule has 2 aromatic rings. The number of carbonyl (C=O) groups is 1. The average molecular weight is 234 g/mol. The number of hydrogen-bond donors (Lipinski definition) is 3. The van der Waals surface area contributed by atoms with Gasteiger partial charge in [0.25, 0.3) is 5.91 Å². The number of nitrogens with one attached hydrogen (secondary N) is 2. The zero-order valence-corrected chi connectivity index (χ0v) is 9.69. The maximum absolute atomic E-state index is 11.9. The van der Waals surface area contributed by atoms with Gasteiger partial charge in [-0.3, -0.25) is 14.6 Å². The number of aromatic amines is 1. The third-order valence-electron chi connectivity index (χ3n) is 2.41. The highest BCUT2D eigenvalue weighted by molar-refractivity contribution is 6.06. The van der Waals surface area contributed by atoms with Crippen molar-refractivity contribution in [2.75, 3.05) is 11.1 Å². The summed E-state index contributed by atoms with van der Waals surface area (Å²) in [6, 6.07) is 0. The van der Waals surface area contributed by atoms with Crippen LogP contribution in [0, 0.1) is 0 Å². The minimum atomic E-state index is -0.341. The molecule has 0 aromatic carbocycles. The predicted octanol–water partition coefficient (Wildman–Crippen LogP) is 0.540. The van der Waals surface area contributed by atoms with Gasteiger partial charge in [0, 0.05) is 13.2 Å². The van der Waals surface area contributed by atoms with Crippen molar-refractivity contribution in [1.82, 2.24) is 20.0 Å². The van der Waals surface area contributed by atoms with E-state index in [0.29, 0.717) is 17.8 Å². The van der Waals surface area contributed by atoms with Crippen LogP contribution in [0.15, 0.2) is 12.4 Å². The van der Waals surface area contributed by atoms with E-state index in [4.69, 9.17) is 5.73 Å². The smallest absolute Gasteiger partial charge is 0.278 e. The van der Waals surface area contributed by atoms with E-state index in [0.717, 1.165) is 5.69 Å². The molecule has 0 spiro atoms. The van der Waals surface area contributed by atoms with E-state index in [1.807, 2.05) is 6.92 Å². The molecular formula is C10H14N6O. The Labute approximate surface area is 98.0 Å². The summed E-state index contributed by atoms with van der Waals surface area (Å²) in [6.07, 6.45) is 3.96. The fourth-order valence-electron chi connectivity index (χ4n) is 1.51. The van der Waals surface area contributed by atoms with Gasteiger partial charge in [0.2, 0.25) is 0 Å². The van der Waals surface area contributed by atoms with Crippen molar-refractivity contribution in [3.63, 3.8) is 0 Å². The molecule has 2 aromatic heterocycles. The Bertz CT molecular complexity index is 541. The Morgan fingerprint density at radius 1 is 1.65 bits per heavy atom. The molecule has 0 radical (unpaired) electrons. The van der Waals surface area contributed by atoms with E-state index in [-0.39, 0.29) is 11.6 Å². The SMILES string of the molecule is CCc1[nH]nc(C(=O)Nc2cnn(C)c2)c1N. The Balaban J connectivity index is 2.17. The van der Waals surface area contributed by atoms with E-state index in [9.17, 15) is 4.79 Å². The number of amides is 1. The third kappa shape index (κ3) is 2.12. The van der Waals surface area contributed by atoms with Crippen LogP contribution >= 0.6 is 0 Å². The first-order valence-electron chi connectivity index (χ1n) is 5.24. The van der Waals surface area contributed by atoms with Crippen molar-refractivity contribution in [2.24, 2.45) is 7.05 Å². The molecule has 0 fully saturated rings. The Hall–Kier alpha value is -2.31. The normalized spacial score (nSPS) is 10.5. The molecule has 2 heterocycles. The second kappa shape index (κ2) is 4.28. The van der Waals surface area contributed by atoms with Crippen LogP contribution in [0.1, 0.15) is 23.1 Å². The highest BCUT2D eigenvalue weighted by Crippen LogP contribution is 2.16. The van der Waals surface area contributed by atoms with Crippen molar-refractivity contribution < 1.29 is 4.79 Å². The minimum absolute atomic E-state index is 0.214. The van der Waals surface area contributed by atoms with Gasteiger partial charge < -0.3 is 11.1 Å². The number of aromatic nitrogens is 4. The van der Waals surface area contributed by atoms with E-state index >= 15 is 0 Å². The van der Waals surface area contributed by atoms with Gasteiger partial charge in [0.15, 0.2) is 5.69 Å². The minimum Gasteiger partial charge on any atom is -0.395 e. The van der Waals surface area contributed by atoms with Gasteiger partial charge in [-0.05, 0) is 6.42 Å². The molecule has 0 unspecified atom stereocenters. The maximum Gasteiger partial charge on any atom is 0.278 e. The molecule has 17 heavy (non-hydrogen) atoms. The predicted molar refractivity (Wildman–Crippen MR) is 63.5 cm³/mol. The maximum atomic E-state index is 11.9. The van der Waals surface area contributed by atoms with Crippen LogP contribution in [0.3, 0.4) is 0 Å². The molecule has 0 aliphatic heterocycles. The monoisotopic (exact) mass is 234 g/mol. The fraction of sp³-hybridized carbons (Fsp3) is 0.300. The van der Waals surface area contributed by atoms with Crippen LogP contribution in [0.2, 0.25) is 0 Å². The molecule has 90 valence electrons. The van der Waals surface area contributed by atoms with Crippen LogP contribution in [0.5, 0.6) is 0 Å². The summed E-state index contributed by atoms with van der Waals surface area (Å²) in [6.45, 7) is 1.94. The second-order valence-electron chi connectivity index (χ2n) is 3.67. The van der Waals surface area contributed by atoms with Gasteiger partial charge in [-0.1, -0.05) is 6.92 Å². The summed E-state index contributed by atoms with van der Waals surface area (Å²) in [5, 5.41) is 13.3. The van der Waals surface area contributed by atoms with Crippen LogP contribution in [0.25, 0.3) is 0 Å². The largest absolute Gasteiger partial charge is 0.395 e. The first-order valence-corrected chi connectivity index (χ1v) is 5.24. The summed E-state index contributed by atoms with van der Waals surface area (Å²) in [4.78, 5) is 11.9. The van der Waals surface area contributed by atoms with Crippen molar-refractivity contribution in [1.29, 1.82) is 0 Å². The molecule has 0 bridgehead atoms. The number of nitrogens with two attached hydrogens (primary N) is 1. The number of rotatable bonds is 3. The van der Waals surface area contributed by atoms with Crippen LogP contribution < -0.4 is 11.1 Å². The molecule has 4 N–H and O–H groups in total. The van der Waals surface area contributed by atoms with Gasteiger partial charge in [0.05, 0.1) is 23.3 Å². The van der Waals surface area contributed by atoms with Crippen LogP contribution in [-0.2, 0) is 13.5 Å². The zero-order chi connectivity index (χ0) is 12.4. The van der Waals surface area contributed by atoms with Crippen molar-refractivity contribution >= 4 is 17.3 Å². The fourth-order valence-corrected chi connectivity index (χ4v) is 1.51. The van der Waals surface area contributed by atoms with Crippen molar-refractivity contribution in [3.8, 4) is 0 Å². The molecule has 0 aliphatic rings. The number of nitrogen functional groups attached to an aromatic ring is 1. The Morgan fingerprint density at radius 3 is 2.94 bits per heavy atom. The Kier molecular flexibility index (Phi) is 2.82. The van der Waals surface area contributed by atoms with Crippen molar-refractivity contribution in [3.05, 3.63) is 23.8 Å². The van der Waals surface area contributed by atoms with Crippen LogP contribution in [0.4, 0.5) is 11.4 Å². The van der Waals surface area contributed by atoms with E-state index in [1.54, 1.807) is 24.1 Å². The molecule has 7 heteroatoms. The van der Waals surface area contributed by atoms with Gasteiger partial charge >= 0.3 is 0 Å². The number of hydrogen-bond acceptors (Lipinski definition) is 4. The topological polar surface area (TPSA) is 102 Å². The number of carbonyl (C=O) groups excluding carboxylic acids is 1. The molecule has 1 amide bonds. The average Bonchev–Trinajstić information content (AvgIpc) is 2.85. The summed E-state index contributed by atoms with van der Waals surface area (Å²) in [5.41, 5.74) is 7.78. The summed E-state index contributed by atoms with van der Waals surface area (Å²) in [7, 11) is 1.77. The highest BCUT2D eigenvalue weighted by atomic mass is 16.2. The standard InChI is InChI=1S/C10H14N6O/c1-3-7-8(11)9(15-14-7)10(17)13-6-4-12-16(2)5-6/h4-5H,3,11H2,1-2H3,(H,13,17)(H,14,15). The lowest BCUT2D eigenvalue weighted by atomic mass is 10.2. The lowest BCUT2D eigenvalue weighted by Crippen LogP contribution is -2.14. The molecule has 0 saturated heterocycles. The van der Waals surface area contributed by atoms with Gasteiger partial charge in [-0.25, -0.2) is 0 Å². The first-order chi connectivity index (χ1) is 8.11. The van der Waals surface area contributed by atoms with Crippen LogP contribution in [-0.4, -0.2) is 25.9 Å². The van der Waals surface area contributed by atoms with E-state index in [1.165, 1.54) is 0 Å². The van der Waals surface area contributed by atoms with Gasteiger partial charge in [-0.2, -0.15) is 10.2 Å². The first kappa shape index (κ1) is 11.2. The molecular weight excluding hydrogens is 220 g/mol. The van der Waals surface area contributed by atoms with Gasteiger partial charge in [-0.15, -0.1) is 0 Å². The number of anilines is 2. The zero-order valence-electron chi connectivity index (χ0n) is 9.69. The summed E-state index contributed by atoms with van der Waals surface area (Å²) >= 11 is 0. The van der Waals surface area contributed by atoms with Gasteiger partial charge in [0.1, 0.15) is 0 Å². The lowest BCUT2D eigenvalue weighted by Gasteiger charge is -2.00. The number of H-pyrrole nitrogens is 1. The molecule has 2 rings (SSSR count). The second-order valence-corrected chi connectivity index (χ2v) is 3.67. The highest BCUT2D eigenvalue weighted by Gasteiger charge is 2.16. The Morgan fingerprint density at radius 2 is 2.41 bits per heavy atom. The number of aryl methyl sites for hydroxylation is 2. The molecule has 7 nitrogen and oxygen atoms in total. The quantitative estimate of drug-likeness (QED) is 0.721. The van der Waals surface area contributed by atoms with E-state index < -0.39 is 0 Å². The van der Waals surface area contributed by atoms with E-state index in [2.05, 4.69) is 20.6 Å². The summed E-state index contributed by atoms with van der Waals surface area (Å²) in [5.74, 6) is -0.341. The van der Waals surface area contributed by atoms with Crippen molar-refractivity contribution in [2.45, 2.75) is 13.3 Å². The number of nitrogens with zero attached hydrogens (tertiary/aromatic N) is 3. The third-order valence-corrected chi connectivity index (χ3v) is 2.41. The molecule has 0 atom stereocenters. The lowest BCUT2D eigenvalue weighted by molar-refractivity contribution is 0.102.